The molecule has 124 valence electrons. The minimum absolute atomic E-state index is 0.274. The smallest absolute Gasteiger partial charge is 0.248 e. The van der Waals surface area contributed by atoms with Gasteiger partial charge in [0.15, 0.2) is 0 Å². The number of anilines is 2. The molecule has 1 saturated heterocycles. The average Bonchev–Trinajstić information content (AvgIpc) is 2.62. The summed E-state index contributed by atoms with van der Waals surface area (Å²) in [5, 5.41) is 2.70. The van der Waals surface area contributed by atoms with Crippen LogP contribution in [0.3, 0.4) is 0 Å². The van der Waals surface area contributed by atoms with E-state index in [-0.39, 0.29) is 11.7 Å². The molecule has 1 amide bonds. The van der Waals surface area contributed by atoms with Crippen molar-refractivity contribution < 1.29 is 9.18 Å². The van der Waals surface area contributed by atoms with Crippen LogP contribution in [-0.2, 0) is 4.79 Å². The number of carbonyl (C=O) groups is 1. The van der Waals surface area contributed by atoms with E-state index in [1.54, 1.807) is 18.2 Å². The highest BCUT2D eigenvalue weighted by Gasteiger charge is 2.15. The summed E-state index contributed by atoms with van der Waals surface area (Å²) in [6, 6.07) is 14.5. The van der Waals surface area contributed by atoms with Crippen LogP contribution in [0.2, 0.25) is 0 Å². The van der Waals surface area contributed by atoms with Gasteiger partial charge in [-0.15, -0.1) is 0 Å². The molecule has 0 aromatic heterocycles. The summed E-state index contributed by atoms with van der Waals surface area (Å²) in [5.41, 5.74) is 2.03. The molecule has 0 atom stereocenters. The van der Waals surface area contributed by atoms with Crippen LogP contribution in [-0.4, -0.2) is 19.0 Å². The van der Waals surface area contributed by atoms with Crippen molar-refractivity contribution in [1.29, 1.82) is 0 Å². The molecule has 24 heavy (non-hydrogen) atoms. The fraction of sp³-hybridized carbons (Fsp3) is 0.250. The highest BCUT2D eigenvalue weighted by Crippen LogP contribution is 2.25. The van der Waals surface area contributed by atoms with E-state index < -0.39 is 0 Å². The molecule has 3 nitrogen and oxygen atoms in total. The molecule has 2 aromatic rings. The zero-order chi connectivity index (χ0) is 16.8. The van der Waals surface area contributed by atoms with Gasteiger partial charge >= 0.3 is 0 Å². The van der Waals surface area contributed by atoms with E-state index in [0.717, 1.165) is 31.5 Å². The second-order valence-electron chi connectivity index (χ2n) is 5.95. The maximum atomic E-state index is 14.3. The average molecular weight is 324 g/mol. The highest BCUT2D eigenvalue weighted by atomic mass is 19.1. The van der Waals surface area contributed by atoms with Crippen molar-refractivity contribution >= 4 is 23.4 Å². The summed E-state index contributed by atoms with van der Waals surface area (Å²) in [5.74, 6) is -0.564. The Morgan fingerprint density at radius 1 is 1.04 bits per heavy atom. The van der Waals surface area contributed by atoms with Crippen LogP contribution in [0.4, 0.5) is 15.8 Å². The fourth-order valence-corrected chi connectivity index (χ4v) is 2.90. The summed E-state index contributed by atoms with van der Waals surface area (Å²) in [6.45, 7) is 1.78. The first kappa shape index (κ1) is 16.2. The zero-order valence-electron chi connectivity index (χ0n) is 13.5. The monoisotopic (exact) mass is 324 g/mol. The third kappa shape index (κ3) is 4.22. The Labute approximate surface area is 141 Å². The molecule has 1 N–H and O–H groups in total. The highest BCUT2D eigenvalue weighted by molar-refractivity contribution is 6.02. The Kier molecular flexibility index (Phi) is 5.26. The number of amides is 1. The summed E-state index contributed by atoms with van der Waals surface area (Å²) in [6.07, 6.45) is 6.59. The summed E-state index contributed by atoms with van der Waals surface area (Å²) < 4.78 is 14.3. The first-order valence-corrected chi connectivity index (χ1v) is 8.31. The molecule has 2 aromatic carbocycles. The van der Waals surface area contributed by atoms with Crippen LogP contribution in [0, 0.1) is 5.82 Å². The maximum absolute atomic E-state index is 14.3. The van der Waals surface area contributed by atoms with Crippen LogP contribution >= 0.6 is 0 Å². The van der Waals surface area contributed by atoms with Gasteiger partial charge in [0, 0.05) is 24.9 Å². The molecular formula is C20H21FN2O. The lowest BCUT2D eigenvalue weighted by Crippen LogP contribution is -2.30. The SMILES string of the molecule is O=C(/C=C/c1ccccc1)Nc1ccc(N2CCCCC2)c(F)c1. The maximum Gasteiger partial charge on any atom is 0.248 e. The molecule has 0 unspecified atom stereocenters. The number of nitrogens with one attached hydrogen (secondary N) is 1. The van der Waals surface area contributed by atoms with Crippen molar-refractivity contribution in [2.24, 2.45) is 0 Å². The number of rotatable bonds is 4. The molecular weight excluding hydrogens is 303 g/mol. The van der Waals surface area contributed by atoms with E-state index in [1.165, 1.54) is 18.6 Å². The predicted octanol–water partition coefficient (Wildman–Crippen LogP) is 4.47. The molecule has 0 spiro atoms. The van der Waals surface area contributed by atoms with Crippen molar-refractivity contribution in [3.63, 3.8) is 0 Å². The van der Waals surface area contributed by atoms with Gasteiger partial charge in [0.1, 0.15) is 5.82 Å². The number of piperidine rings is 1. The van der Waals surface area contributed by atoms with Crippen LogP contribution < -0.4 is 10.2 Å². The van der Waals surface area contributed by atoms with E-state index in [1.807, 2.05) is 30.3 Å². The Bertz CT molecular complexity index is 722. The van der Waals surface area contributed by atoms with Crippen LogP contribution in [0.5, 0.6) is 0 Å². The minimum Gasteiger partial charge on any atom is -0.369 e. The van der Waals surface area contributed by atoms with Gasteiger partial charge in [-0.25, -0.2) is 4.39 Å². The molecule has 1 heterocycles. The number of hydrogen-bond acceptors (Lipinski definition) is 2. The Hall–Kier alpha value is -2.62. The van der Waals surface area contributed by atoms with Gasteiger partial charge in [0.05, 0.1) is 5.69 Å². The predicted molar refractivity (Wildman–Crippen MR) is 96.6 cm³/mol. The number of carbonyl (C=O) groups excluding carboxylic acids is 1. The Morgan fingerprint density at radius 2 is 1.79 bits per heavy atom. The van der Waals surface area contributed by atoms with Gasteiger partial charge in [-0.1, -0.05) is 30.3 Å². The largest absolute Gasteiger partial charge is 0.369 e. The molecule has 1 aliphatic heterocycles. The quantitative estimate of drug-likeness (QED) is 0.842. The lowest BCUT2D eigenvalue weighted by molar-refractivity contribution is -0.111. The van der Waals surface area contributed by atoms with Crippen molar-refractivity contribution in [3.8, 4) is 0 Å². The first-order valence-electron chi connectivity index (χ1n) is 8.31. The molecule has 1 fully saturated rings. The third-order valence-electron chi connectivity index (χ3n) is 4.14. The topological polar surface area (TPSA) is 32.3 Å². The van der Waals surface area contributed by atoms with Gasteiger partial charge in [0.2, 0.25) is 5.91 Å². The summed E-state index contributed by atoms with van der Waals surface area (Å²) in [4.78, 5) is 14.0. The van der Waals surface area contributed by atoms with Gasteiger partial charge in [0.25, 0.3) is 0 Å². The minimum atomic E-state index is -0.290. The molecule has 0 saturated carbocycles. The van der Waals surface area contributed by atoms with E-state index >= 15 is 0 Å². The fourth-order valence-electron chi connectivity index (χ4n) is 2.90. The van der Waals surface area contributed by atoms with Crippen molar-refractivity contribution in [1.82, 2.24) is 0 Å². The lowest BCUT2D eigenvalue weighted by atomic mass is 10.1. The summed E-state index contributed by atoms with van der Waals surface area (Å²) in [7, 11) is 0. The lowest BCUT2D eigenvalue weighted by Gasteiger charge is -2.29. The number of nitrogens with zero attached hydrogens (tertiary/aromatic N) is 1. The Morgan fingerprint density at radius 3 is 2.50 bits per heavy atom. The van der Waals surface area contributed by atoms with Crippen molar-refractivity contribution in [2.75, 3.05) is 23.3 Å². The molecule has 0 aliphatic carbocycles. The second kappa shape index (κ2) is 7.77. The Balaban J connectivity index is 1.64. The standard InChI is InChI=1S/C20H21FN2O/c21-18-15-17(10-11-19(18)23-13-5-2-6-14-23)22-20(24)12-9-16-7-3-1-4-8-16/h1,3-4,7-12,15H,2,5-6,13-14H2,(H,22,24)/b12-9+. The third-order valence-corrected chi connectivity index (χ3v) is 4.14. The van der Waals surface area contributed by atoms with Gasteiger partial charge in [-0.3, -0.25) is 4.79 Å². The van der Waals surface area contributed by atoms with Gasteiger partial charge in [-0.2, -0.15) is 0 Å². The van der Waals surface area contributed by atoms with E-state index in [4.69, 9.17) is 0 Å². The summed E-state index contributed by atoms with van der Waals surface area (Å²) >= 11 is 0. The second-order valence-corrected chi connectivity index (χ2v) is 5.95. The van der Waals surface area contributed by atoms with E-state index in [0.29, 0.717) is 11.4 Å². The van der Waals surface area contributed by atoms with Crippen molar-refractivity contribution in [2.45, 2.75) is 19.3 Å². The zero-order valence-corrected chi connectivity index (χ0v) is 13.5. The molecule has 0 bridgehead atoms. The normalized spacial score (nSPS) is 14.8. The van der Waals surface area contributed by atoms with Gasteiger partial charge < -0.3 is 10.2 Å². The van der Waals surface area contributed by atoms with Gasteiger partial charge in [-0.05, 0) is 49.1 Å². The van der Waals surface area contributed by atoms with Crippen LogP contribution in [0.1, 0.15) is 24.8 Å². The molecule has 3 rings (SSSR count). The van der Waals surface area contributed by atoms with Crippen LogP contribution in [0.15, 0.2) is 54.6 Å². The number of hydrogen-bond donors (Lipinski definition) is 1. The molecule has 4 heteroatoms. The van der Waals surface area contributed by atoms with E-state index in [9.17, 15) is 9.18 Å². The number of halogens is 1. The first-order chi connectivity index (χ1) is 11.7. The number of benzene rings is 2. The molecule has 1 aliphatic rings. The van der Waals surface area contributed by atoms with Crippen LogP contribution in [0.25, 0.3) is 6.08 Å². The van der Waals surface area contributed by atoms with E-state index in [2.05, 4.69) is 10.2 Å². The van der Waals surface area contributed by atoms with Crippen molar-refractivity contribution in [3.05, 3.63) is 66.0 Å². The molecule has 0 radical (unpaired) electrons.